The largest absolute Gasteiger partial charge is 0.355 e. The molecule has 0 aliphatic heterocycles. The number of rotatable bonds is 6. The zero-order valence-electron chi connectivity index (χ0n) is 13.0. The van der Waals surface area contributed by atoms with Crippen molar-refractivity contribution in [2.45, 2.75) is 25.1 Å². The van der Waals surface area contributed by atoms with Gasteiger partial charge in [-0.3, -0.25) is 18.4 Å². The molecule has 0 aliphatic carbocycles. The third-order valence-corrected chi connectivity index (χ3v) is 5.23. The van der Waals surface area contributed by atoms with Crippen LogP contribution in [0.25, 0.3) is 10.9 Å². The van der Waals surface area contributed by atoms with Gasteiger partial charge >= 0.3 is 0 Å². The molecular formula is C15H19N3O3S2. The summed E-state index contributed by atoms with van der Waals surface area (Å²) in [6.45, 7) is 2.36. The second-order valence-electron chi connectivity index (χ2n) is 5.30. The number of aromatic nitrogens is 2. The summed E-state index contributed by atoms with van der Waals surface area (Å²) < 4.78 is 12.9. The van der Waals surface area contributed by atoms with Gasteiger partial charge in [0.15, 0.2) is 4.77 Å². The maximum Gasteiger partial charge on any atom is 0.262 e. The van der Waals surface area contributed by atoms with E-state index in [0.717, 1.165) is 0 Å². The average Bonchev–Trinajstić information content (AvgIpc) is 2.52. The third-order valence-electron chi connectivity index (χ3n) is 3.61. The van der Waals surface area contributed by atoms with Crippen molar-refractivity contribution in [1.82, 2.24) is 14.9 Å². The van der Waals surface area contributed by atoms with Crippen LogP contribution >= 0.6 is 12.2 Å². The molecule has 0 bridgehead atoms. The van der Waals surface area contributed by atoms with Crippen molar-refractivity contribution >= 4 is 39.8 Å². The van der Waals surface area contributed by atoms with Crippen molar-refractivity contribution in [3.05, 3.63) is 39.4 Å². The van der Waals surface area contributed by atoms with Gasteiger partial charge in [0.05, 0.1) is 10.9 Å². The van der Waals surface area contributed by atoms with E-state index < -0.39 is 10.8 Å². The highest BCUT2D eigenvalue weighted by molar-refractivity contribution is 7.84. The first-order valence-corrected chi connectivity index (χ1v) is 9.24. The van der Waals surface area contributed by atoms with E-state index >= 15 is 0 Å². The maximum atomic E-state index is 12.4. The molecular weight excluding hydrogens is 334 g/mol. The van der Waals surface area contributed by atoms with E-state index in [-0.39, 0.29) is 29.7 Å². The molecule has 2 rings (SSSR count). The Kier molecular flexibility index (Phi) is 5.84. The van der Waals surface area contributed by atoms with Gasteiger partial charge in [0.2, 0.25) is 5.91 Å². The van der Waals surface area contributed by atoms with Crippen LogP contribution in [0.4, 0.5) is 0 Å². The van der Waals surface area contributed by atoms with E-state index in [1.54, 1.807) is 31.4 Å². The topological polar surface area (TPSA) is 84.0 Å². The minimum atomic E-state index is -0.981. The lowest BCUT2D eigenvalue weighted by molar-refractivity contribution is -0.121. The first-order valence-electron chi connectivity index (χ1n) is 7.21. The predicted octanol–water partition coefficient (Wildman–Crippen LogP) is 1.33. The molecule has 1 heterocycles. The lowest BCUT2D eigenvalue weighted by Gasteiger charge is -2.11. The number of amides is 1. The summed E-state index contributed by atoms with van der Waals surface area (Å²) >= 11 is 5.19. The summed E-state index contributed by atoms with van der Waals surface area (Å²) in [4.78, 5) is 27.3. The van der Waals surface area contributed by atoms with Crippen molar-refractivity contribution in [3.63, 3.8) is 0 Å². The molecule has 0 saturated carbocycles. The Morgan fingerprint density at radius 1 is 1.43 bits per heavy atom. The van der Waals surface area contributed by atoms with Crippen LogP contribution in [0.1, 0.15) is 13.3 Å². The molecule has 0 unspecified atom stereocenters. The van der Waals surface area contributed by atoms with Crippen LogP contribution in [0.2, 0.25) is 0 Å². The van der Waals surface area contributed by atoms with Gasteiger partial charge in [0.1, 0.15) is 0 Å². The van der Waals surface area contributed by atoms with Gasteiger partial charge in [0.25, 0.3) is 5.56 Å². The third kappa shape index (κ3) is 4.35. The molecule has 6 nitrogen and oxygen atoms in total. The van der Waals surface area contributed by atoms with E-state index in [1.165, 1.54) is 4.57 Å². The van der Waals surface area contributed by atoms with E-state index in [2.05, 4.69) is 10.3 Å². The monoisotopic (exact) mass is 353 g/mol. The molecule has 8 heteroatoms. The van der Waals surface area contributed by atoms with Crippen LogP contribution in [0.15, 0.2) is 29.1 Å². The molecule has 1 aromatic heterocycles. The molecule has 2 atom stereocenters. The fourth-order valence-corrected chi connectivity index (χ4v) is 2.68. The summed E-state index contributed by atoms with van der Waals surface area (Å²) in [5, 5.41) is 3.15. The minimum absolute atomic E-state index is 0.106. The zero-order chi connectivity index (χ0) is 17.0. The van der Waals surface area contributed by atoms with Crippen LogP contribution in [0.3, 0.4) is 0 Å². The number of fused-ring (bicyclic) bond motifs is 1. The Bertz CT molecular complexity index is 857. The number of hydrogen-bond acceptors (Lipinski definition) is 4. The lowest BCUT2D eigenvalue weighted by Crippen LogP contribution is -2.34. The molecule has 0 saturated heterocycles. The first-order chi connectivity index (χ1) is 10.9. The maximum absolute atomic E-state index is 12.4. The zero-order valence-corrected chi connectivity index (χ0v) is 14.6. The minimum Gasteiger partial charge on any atom is -0.355 e. The van der Waals surface area contributed by atoms with E-state index in [0.29, 0.717) is 22.2 Å². The fourth-order valence-electron chi connectivity index (χ4n) is 2.08. The number of benzene rings is 1. The van der Waals surface area contributed by atoms with E-state index in [4.69, 9.17) is 12.2 Å². The summed E-state index contributed by atoms with van der Waals surface area (Å²) in [5.74, 6) is -0.197. The van der Waals surface area contributed by atoms with Gasteiger partial charge in [-0.15, -0.1) is 0 Å². The van der Waals surface area contributed by atoms with Crippen LogP contribution in [-0.2, 0) is 22.1 Å². The standard InChI is InChI=1S/C15H19N3O3S2/c1-10(23(2)21)9-16-13(19)7-8-18-14(20)11-5-3-4-6-12(11)17-15(18)22/h3-6,10H,7-9H2,1-2H3,(H,16,19)(H,17,22)/t10-,23-/m0/s1. The van der Waals surface area contributed by atoms with E-state index in [9.17, 15) is 13.8 Å². The SMILES string of the molecule is C[C@@H](CNC(=O)CCn1c(=S)[nH]c2ccccc2c1=O)[S@](C)=O. The molecule has 23 heavy (non-hydrogen) atoms. The van der Waals surface area contributed by atoms with Gasteiger partial charge in [-0.05, 0) is 31.3 Å². The Balaban J connectivity index is 2.08. The number of carbonyl (C=O) groups is 1. The molecule has 0 spiro atoms. The van der Waals surface area contributed by atoms with Gasteiger partial charge in [-0.25, -0.2) is 0 Å². The van der Waals surface area contributed by atoms with Crippen molar-refractivity contribution in [3.8, 4) is 0 Å². The van der Waals surface area contributed by atoms with Gasteiger partial charge in [0, 0.05) is 41.8 Å². The number of nitrogens with one attached hydrogen (secondary N) is 2. The van der Waals surface area contributed by atoms with Crippen molar-refractivity contribution in [2.24, 2.45) is 0 Å². The number of aromatic amines is 1. The predicted molar refractivity (Wildman–Crippen MR) is 94.5 cm³/mol. The van der Waals surface area contributed by atoms with Crippen molar-refractivity contribution in [1.29, 1.82) is 0 Å². The molecule has 2 N–H and O–H groups in total. The smallest absolute Gasteiger partial charge is 0.262 e. The normalized spacial score (nSPS) is 13.7. The lowest BCUT2D eigenvalue weighted by atomic mass is 10.2. The quantitative estimate of drug-likeness (QED) is 0.768. The Morgan fingerprint density at radius 3 is 2.83 bits per heavy atom. The van der Waals surface area contributed by atoms with Crippen LogP contribution in [0, 0.1) is 4.77 Å². The van der Waals surface area contributed by atoms with Gasteiger partial charge in [-0.2, -0.15) is 0 Å². The summed E-state index contributed by atoms with van der Waals surface area (Å²) in [6.07, 6.45) is 1.74. The van der Waals surface area contributed by atoms with Crippen LogP contribution in [0.5, 0.6) is 0 Å². The fraction of sp³-hybridized carbons (Fsp3) is 0.400. The molecule has 0 radical (unpaired) electrons. The van der Waals surface area contributed by atoms with Gasteiger partial charge in [-0.1, -0.05) is 12.1 Å². The van der Waals surface area contributed by atoms with Gasteiger partial charge < -0.3 is 10.3 Å². The summed E-state index contributed by atoms with van der Waals surface area (Å²) in [5.41, 5.74) is 0.475. The van der Waals surface area contributed by atoms with Crippen molar-refractivity contribution < 1.29 is 9.00 Å². The Morgan fingerprint density at radius 2 is 2.13 bits per heavy atom. The molecule has 0 fully saturated rings. The number of hydrogen-bond donors (Lipinski definition) is 2. The highest BCUT2D eigenvalue weighted by Crippen LogP contribution is 2.06. The molecule has 124 valence electrons. The van der Waals surface area contributed by atoms with Crippen LogP contribution < -0.4 is 10.9 Å². The van der Waals surface area contributed by atoms with E-state index in [1.807, 2.05) is 6.07 Å². The Labute approximate surface area is 141 Å². The molecule has 1 amide bonds. The molecule has 0 aliphatic rings. The number of nitrogens with zero attached hydrogens (tertiary/aromatic N) is 1. The second-order valence-corrected chi connectivity index (χ2v) is 7.48. The highest BCUT2D eigenvalue weighted by atomic mass is 32.2. The molecule has 1 aromatic carbocycles. The number of para-hydroxylation sites is 1. The number of H-pyrrole nitrogens is 1. The summed E-state index contributed by atoms with van der Waals surface area (Å²) in [7, 11) is -0.981. The van der Waals surface area contributed by atoms with Crippen LogP contribution in [-0.4, -0.2) is 37.7 Å². The Hall–Kier alpha value is -1.80. The highest BCUT2D eigenvalue weighted by Gasteiger charge is 2.10. The summed E-state index contributed by atoms with van der Waals surface area (Å²) in [6, 6.07) is 7.11. The second kappa shape index (κ2) is 7.65. The molecule has 2 aromatic rings. The average molecular weight is 353 g/mol. The first kappa shape index (κ1) is 17.6. The van der Waals surface area contributed by atoms with Crippen molar-refractivity contribution in [2.75, 3.05) is 12.8 Å². The number of carbonyl (C=O) groups excluding carboxylic acids is 1.